The molecule has 0 aromatic carbocycles. The van der Waals surface area contributed by atoms with Gasteiger partial charge in [-0.2, -0.15) is 0 Å². The van der Waals surface area contributed by atoms with E-state index in [1.54, 1.807) is 0 Å². The van der Waals surface area contributed by atoms with Crippen LogP contribution in [0.25, 0.3) is 0 Å². The van der Waals surface area contributed by atoms with Crippen molar-refractivity contribution in [3.05, 3.63) is 23.6 Å². The molecule has 2 rings (SSSR count). The van der Waals surface area contributed by atoms with E-state index >= 15 is 0 Å². The van der Waals surface area contributed by atoms with Crippen molar-refractivity contribution in [2.24, 2.45) is 0 Å². The normalized spacial score (nSPS) is 21.1. The van der Waals surface area contributed by atoms with E-state index < -0.39 is 0 Å². The van der Waals surface area contributed by atoms with Crippen LogP contribution in [0.5, 0.6) is 5.88 Å². The highest BCUT2D eigenvalue weighted by atomic mass is 19.1. The summed E-state index contributed by atoms with van der Waals surface area (Å²) in [7, 11) is 1.51. The number of hydrogen-bond acceptors (Lipinski definition) is 3. The molecule has 0 aliphatic carbocycles. The first-order chi connectivity index (χ1) is 6.83. The standard InChI is InChI=1S/C10H13FN2O/c1-14-10-9(7(11)4-6-13-10)8-3-2-5-12-8/h4,6,8,12H,2-3,5H2,1H3/t8-/m1/s1. The third kappa shape index (κ3) is 1.57. The highest BCUT2D eigenvalue weighted by molar-refractivity contribution is 5.31. The van der Waals surface area contributed by atoms with Gasteiger partial charge in [0, 0.05) is 12.2 Å². The molecule has 1 aliphatic heterocycles. The molecule has 0 radical (unpaired) electrons. The fourth-order valence-corrected chi connectivity index (χ4v) is 1.84. The summed E-state index contributed by atoms with van der Waals surface area (Å²) in [5.41, 5.74) is 0.563. The molecule has 0 spiro atoms. The molecule has 2 heterocycles. The maximum atomic E-state index is 13.5. The monoisotopic (exact) mass is 196 g/mol. The number of halogens is 1. The third-order valence-corrected chi connectivity index (χ3v) is 2.50. The summed E-state index contributed by atoms with van der Waals surface area (Å²) in [4.78, 5) is 4.00. The molecule has 1 aliphatic rings. The Morgan fingerprint density at radius 2 is 2.50 bits per heavy atom. The lowest BCUT2D eigenvalue weighted by Crippen LogP contribution is -2.15. The van der Waals surface area contributed by atoms with Gasteiger partial charge in [-0.1, -0.05) is 0 Å². The number of nitrogens with one attached hydrogen (secondary N) is 1. The van der Waals surface area contributed by atoms with Gasteiger partial charge in [0.15, 0.2) is 0 Å². The maximum absolute atomic E-state index is 13.5. The number of aromatic nitrogens is 1. The highest BCUT2D eigenvalue weighted by Crippen LogP contribution is 2.30. The van der Waals surface area contributed by atoms with Crippen LogP contribution in [0.1, 0.15) is 24.4 Å². The predicted octanol–water partition coefficient (Wildman–Crippen LogP) is 1.65. The van der Waals surface area contributed by atoms with Crippen LogP contribution in [-0.2, 0) is 0 Å². The van der Waals surface area contributed by atoms with Gasteiger partial charge in [0.2, 0.25) is 5.88 Å². The van der Waals surface area contributed by atoms with E-state index in [-0.39, 0.29) is 11.9 Å². The van der Waals surface area contributed by atoms with Crippen molar-refractivity contribution in [1.29, 1.82) is 0 Å². The topological polar surface area (TPSA) is 34.1 Å². The van der Waals surface area contributed by atoms with Crippen LogP contribution in [0.2, 0.25) is 0 Å². The second-order valence-corrected chi connectivity index (χ2v) is 3.36. The van der Waals surface area contributed by atoms with E-state index in [1.165, 1.54) is 19.4 Å². The first-order valence-electron chi connectivity index (χ1n) is 4.74. The zero-order valence-corrected chi connectivity index (χ0v) is 8.09. The smallest absolute Gasteiger partial charge is 0.220 e. The Morgan fingerprint density at radius 1 is 1.64 bits per heavy atom. The second kappa shape index (κ2) is 3.92. The molecule has 3 nitrogen and oxygen atoms in total. The maximum Gasteiger partial charge on any atom is 0.220 e. The molecule has 1 aromatic heterocycles. The van der Waals surface area contributed by atoms with Crippen LogP contribution in [0, 0.1) is 5.82 Å². The molecular weight excluding hydrogens is 183 g/mol. The average molecular weight is 196 g/mol. The van der Waals surface area contributed by atoms with Crippen LogP contribution in [0.15, 0.2) is 12.3 Å². The summed E-state index contributed by atoms with van der Waals surface area (Å²) >= 11 is 0. The Labute approximate surface area is 82.3 Å². The Kier molecular flexibility index (Phi) is 2.63. The van der Waals surface area contributed by atoms with Crippen molar-refractivity contribution >= 4 is 0 Å². The van der Waals surface area contributed by atoms with E-state index in [1.807, 2.05) is 0 Å². The Bertz CT molecular complexity index is 324. The molecule has 0 bridgehead atoms. The van der Waals surface area contributed by atoms with Crippen LogP contribution in [0.4, 0.5) is 4.39 Å². The quantitative estimate of drug-likeness (QED) is 0.781. The molecule has 1 aromatic rings. The van der Waals surface area contributed by atoms with Gasteiger partial charge in [0.25, 0.3) is 0 Å². The van der Waals surface area contributed by atoms with Gasteiger partial charge in [-0.3, -0.25) is 0 Å². The molecule has 76 valence electrons. The summed E-state index contributed by atoms with van der Waals surface area (Å²) in [6.45, 7) is 0.933. The lowest BCUT2D eigenvalue weighted by atomic mass is 10.1. The van der Waals surface area contributed by atoms with E-state index in [2.05, 4.69) is 10.3 Å². The van der Waals surface area contributed by atoms with Gasteiger partial charge in [-0.25, -0.2) is 9.37 Å². The summed E-state index contributed by atoms with van der Waals surface area (Å²) < 4.78 is 18.6. The Hall–Kier alpha value is -1.16. The summed E-state index contributed by atoms with van der Waals surface area (Å²) in [5.74, 6) is 0.153. The molecule has 0 saturated carbocycles. The number of rotatable bonds is 2. The van der Waals surface area contributed by atoms with Gasteiger partial charge in [-0.15, -0.1) is 0 Å². The van der Waals surface area contributed by atoms with Crippen LogP contribution < -0.4 is 10.1 Å². The molecule has 4 heteroatoms. The Morgan fingerprint density at radius 3 is 3.14 bits per heavy atom. The molecule has 1 N–H and O–H groups in total. The zero-order chi connectivity index (χ0) is 9.97. The van der Waals surface area contributed by atoms with Crippen molar-refractivity contribution < 1.29 is 9.13 Å². The van der Waals surface area contributed by atoms with Crippen LogP contribution in [0.3, 0.4) is 0 Å². The first kappa shape index (κ1) is 9.40. The molecule has 14 heavy (non-hydrogen) atoms. The van der Waals surface area contributed by atoms with Crippen molar-refractivity contribution in [2.75, 3.05) is 13.7 Å². The second-order valence-electron chi connectivity index (χ2n) is 3.36. The van der Waals surface area contributed by atoms with Crippen LogP contribution >= 0.6 is 0 Å². The van der Waals surface area contributed by atoms with Crippen molar-refractivity contribution in [3.63, 3.8) is 0 Å². The average Bonchev–Trinajstić information content (AvgIpc) is 2.70. The van der Waals surface area contributed by atoms with Gasteiger partial charge < -0.3 is 10.1 Å². The number of pyridine rings is 1. The Balaban J connectivity index is 2.37. The van der Waals surface area contributed by atoms with E-state index in [0.717, 1.165) is 19.4 Å². The van der Waals surface area contributed by atoms with Gasteiger partial charge in [0.1, 0.15) is 5.82 Å². The highest BCUT2D eigenvalue weighted by Gasteiger charge is 2.23. The van der Waals surface area contributed by atoms with Gasteiger partial charge in [0.05, 0.1) is 12.7 Å². The van der Waals surface area contributed by atoms with Crippen molar-refractivity contribution in [3.8, 4) is 5.88 Å². The zero-order valence-electron chi connectivity index (χ0n) is 8.09. The third-order valence-electron chi connectivity index (χ3n) is 2.50. The number of methoxy groups -OCH3 is 1. The summed E-state index contributed by atoms with van der Waals surface area (Å²) in [5, 5.41) is 3.23. The fourth-order valence-electron chi connectivity index (χ4n) is 1.84. The molecule has 1 atom stereocenters. The molecular formula is C10H13FN2O. The first-order valence-corrected chi connectivity index (χ1v) is 4.74. The van der Waals surface area contributed by atoms with Crippen LogP contribution in [-0.4, -0.2) is 18.6 Å². The molecule has 0 amide bonds. The fraction of sp³-hybridized carbons (Fsp3) is 0.500. The van der Waals surface area contributed by atoms with Gasteiger partial charge in [-0.05, 0) is 25.5 Å². The predicted molar refractivity (Wildman–Crippen MR) is 50.7 cm³/mol. The largest absolute Gasteiger partial charge is 0.481 e. The van der Waals surface area contributed by atoms with Crippen molar-refractivity contribution in [2.45, 2.75) is 18.9 Å². The minimum atomic E-state index is -0.240. The van der Waals surface area contributed by atoms with E-state index in [0.29, 0.717) is 11.4 Å². The molecule has 1 fully saturated rings. The minimum Gasteiger partial charge on any atom is -0.481 e. The number of nitrogens with zero attached hydrogens (tertiary/aromatic N) is 1. The lowest BCUT2D eigenvalue weighted by molar-refractivity contribution is 0.378. The number of hydrogen-bond donors (Lipinski definition) is 1. The minimum absolute atomic E-state index is 0.0543. The molecule has 1 saturated heterocycles. The summed E-state index contributed by atoms with van der Waals surface area (Å²) in [6.07, 6.45) is 3.44. The number of ether oxygens (including phenoxy) is 1. The summed E-state index contributed by atoms with van der Waals surface area (Å²) in [6, 6.07) is 1.43. The van der Waals surface area contributed by atoms with Crippen molar-refractivity contribution in [1.82, 2.24) is 10.3 Å². The van der Waals surface area contributed by atoms with E-state index in [9.17, 15) is 4.39 Å². The van der Waals surface area contributed by atoms with E-state index in [4.69, 9.17) is 4.74 Å². The SMILES string of the molecule is COc1nccc(F)c1[C@H]1CCCN1. The van der Waals surface area contributed by atoms with Gasteiger partial charge >= 0.3 is 0 Å². The lowest BCUT2D eigenvalue weighted by Gasteiger charge is -2.14. The molecule has 0 unspecified atom stereocenters.